The Morgan fingerprint density at radius 1 is 0.919 bits per heavy atom. The van der Waals surface area contributed by atoms with E-state index in [1.807, 2.05) is 31.7 Å². The molecule has 0 unspecified atom stereocenters. The summed E-state index contributed by atoms with van der Waals surface area (Å²) in [5.74, 6) is 2.29. The van der Waals surface area contributed by atoms with E-state index in [-0.39, 0.29) is 30.6 Å². The van der Waals surface area contributed by atoms with Crippen LogP contribution in [0.4, 0.5) is 0 Å². The van der Waals surface area contributed by atoms with Crippen LogP contribution in [0.2, 0.25) is 0 Å². The summed E-state index contributed by atoms with van der Waals surface area (Å²) in [6.45, 7) is 12.1. The van der Waals surface area contributed by atoms with Crippen molar-refractivity contribution >= 4 is 29.7 Å². The topological polar surface area (TPSA) is 108 Å². The molecule has 0 aromatic rings. The highest BCUT2D eigenvalue weighted by atomic mass is 16.2. The molecule has 0 saturated carbocycles. The number of nitrogens with one attached hydrogen (secondary N) is 2. The quantitative estimate of drug-likeness (QED) is 0.0797. The Hall–Kier alpha value is -3.05. The molecule has 0 aromatic carbocycles. The van der Waals surface area contributed by atoms with Crippen molar-refractivity contribution < 1.29 is 19.2 Å². The maximum atomic E-state index is 12.4. The number of hydrogen-bond acceptors (Lipinski definition) is 5. The molecule has 0 spiro atoms. The molecular weight excluding hydrogens is 468 g/mol. The van der Waals surface area contributed by atoms with Crippen LogP contribution in [0.3, 0.4) is 0 Å². The number of terminal acetylenes is 1. The molecule has 2 N–H and O–H groups in total. The van der Waals surface area contributed by atoms with Crippen molar-refractivity contribution in [1.29, 1.82) is 0 Å². The second-order valence-corrected chi connectivity index (χ2v) is 9.23. The molecule has 0 bridgehead atoms. The summed E-state index contributed by atoms with van der Waals surface area (Å²) in [5.41, 5.74) is 2.88. The number of carbonyl (C=O) groups is 4. The first kappa shape index (κ1) is 34.0. The maximum Gasteiger partial charge on any atom is 0.245 e. The Morgan fingerprint density at radius 2 is 1.57 bits per heavy atom. The Kier molecular flexibility index (Phi) is 20.3. The minimum atomic E-state index is -0.165. The molecular formula is C29H46N4O4. The van der Waals surface area contributed by atoms with Gasteiger partial charge in [0.15, 0.2) is 0 Å². The van der Waals surface area contributed by atoms with Gasteiger partial charge in [-0.2, -0.15) is 0 Å². The van der Waals surface area contributed by atoms with Gasteiger partial charge in [0, 0.05) is 57.6 Å². The van der Waals surface area contributed by atoms with E-state index < -0.39 is 0 Å². The van der Waals surface area contributed by atoms with Crippen LogP contribution < -0.4 is 10.6 Å². The first-order valence-electron chi connectivity index (χ1n) is 13.2. The van der Waals surface area contributed by atoms with Gasteiger partial charge in [-0.1, -0.05) is 30.1 Å². The lowest BCUT2D eigenvalue weighted by atomic mass is 10.0. The number of nitrogens with zero attached hydrogens (tertiary/aromatic N) is 2. The molecule has 0 aliphatic heterocycles. The first-order chi connectivity index (χ1) is 17.7. The number of aldehydes is 1. The second kappa shape index (κ2) is 22.2. The summed E-state index contributed by atoms with van der Waals surface area (Å²) >= 11 is 0. The van der Waals surface area contributed by atoms with Gasteiger partial charge < -0.3 is 15.4 Å². The van der Waals surface area contributed by atoms with Crippen LogP contribution in [0.15, 0.2) is 28.8 Å². The molecule has 0 rings (SSSR count). The average Bonchev–Trinajstić information content (AvgIpc) is 2.86. The standard InChI is InChI=1S/C29H46N4O4/c1-6-18-30-27(35)16-21-33(20-7-2)22-17-28(36)31-19-15-26(10-8-9-23-34)13-14-29(37)32-25(5)12-11-24(3)4/h2,10,23H,3,6,8-9,11-22H2,1,4-5H3,(H,30,35)(H,31,36). The fraction of sp³-hybridized carbons (Fsp3) is 0.621. The number of aliphatic imine (C=N–C) groups is 1. The molecule has 0 heterocycles. The molecule has 0 aliphatic rings. The van der Waals surface area contributed by atoms with E-state index in [2.05, 4.69) is 28.1 Å². The van der Waals surface area contributed by atoms with Crippen LogP contribution in [0.1, 0.15) is 85.0 Å². The van der Waals surface area contributed by atoms with Crippen LogP contribution in [-0.2, 0) is 19.2 Å². The SMILES string of the molecule is C#CCN(CCC(=O)NCCC)CCC(=O)NCCC(=CCCC=O)CCC(=O)N=C(C)CCC(=C)C. The number of unbranched alkanes of at least 4 members (excludes halogenated alkanes) is 1. The van der Waals surface area contributed by atoms with Gasteiger partial charge in [-0.15, -0.1) is 13.0 Å². The highest BCUT2D eigenvalue weighted by Crippen LogP contribution is 2.13. The van der Waals surface area contributed by atoms with E-state index in [1.54, 1.807) is 0 Å². The monoisotopic (exact) mass is 514 g/mol. The third-order valence-electron chi connectivity index (χ3n) is 5.57. The number of hydrogen-bond donors (Lipinski definition) is 2. The zero-order valence-electron chi connectivity index (χ0n) is 23.1. The van der Waals surface area contributed by atoms with Gasteiger partial charge in [0.1, 0.15) is 6.29 Å². The van der Waals surface area contributed by atoms with Gasteiger partial charge >= 0.3 is 0 Å². The molecule has 206 valence electrons. The van der Waals surface area contributed by atoms with Crippen LogP contribution >= 0.6 is 0 Å². The summed E-state index contributed by atoms with van der Waals surface area (Å²) in [6, 6.07) is 0. The van der Waals surface area contributed by atoms with Crippen molar-refractivity contribution in [2.24, 2.45) is 4.99 Å². The van der Waals surface area contributed by atoms with Crippen molar-refractivity contribution in [3.05, 3.63) is 23.8 Å². The summed E-state index contributed by atoms with van der Waals surface area (Å²) in [4.78, 5) is 53.2. The summed E-state index contributed by atoms with van der Waals surface area (Å²) < 4.78 is 0. The van der Waals surface area contributed by atoms with Gasteiger partial charge in [-0.05, 0) is 52.4 Å². The lowest BCUT2D eigenvalue weighted by molar-refractivity contribution is -0.121. The van der Waals surface area contributed by atoms with E-state index >= 15 is 0 Å². The molecule has 0 saturated heterocycles. The molecule has 0 radical (unpaired) electrons. The van der Waals surface area contributed by atoms with Crippen LogP contribution in [0, 0.1) is 12.3 Å². The Labute approximate surface area is 223 Å². The minimum absolute atomic E-state index is 0.0200. The van der Waals surface area contributed by atoms with E-state index in [1.165, 1.54) is 0 Å². The molecule has 8 heteroatoms. The molecule has 8 nitrogen and oxygen atoms in total. The molecule has 0 aliphatic carbocycles. The van der Waals surface area contributed by atoms with Crippen molar-refractivity contribution in [3.8, 4) is 12.3 Å². The number of amides is 3. The third-order valence-corrected chi connectivity index (χ3v) is 5.57. The molecule has 0 aromatic heterocycles. The summed E-state index contributed by atoms with van der Waals surface area (Å²) in [6.07, 6.45) is 13.8. The lowest BCUT2D eigenvalue weighted by Gasteiger charge is -2.19. The predicted octanol–water partition coefficient (Wildman–Crippen LogP) is 3.76. The van der Waals surface area contributed by atoms with Crippen molar-refractivity contribution in [1.82, 2.24) is 15.5 Å². The number of rotatable bonds is 21. The number of allylic oxidation sites excluding steroid dienone is 2. The van der Waals surface area contributed by atoms with Gasteiger partial charge in [0.25, 0.3) is 0 Å². The summed E-state index contributed by atoms with van der Waals surface area (Å²) in [5, 5.41) is 5.75. The first-order valence-corrected chi connectivity index (χ1v) is 13.2. The van der Waals surface area contributed by atoms with Crippen molar-refractivity contribution in [3.63, 3.8) is 0 Å². The predicted molar refractivity (Wildman–Crippen MR) is 150 cm³/mol. The van der Waals surface area contributed by atoms with Gasteiger partial charge in [-0.3, -0.25) is 19.3 Å². The van der Waals surface area contributed by atoms with Gasteiger partial charge in [-0.25, -0.2) is 4.99 Å². The van der Waals surface area contributed by atoms with Gasteiger partial charge in [0.05, 0.1) is 6.54 Å². The second-order valence-electron chi connectivity index (χ2n) is 9.23. The molecule has 0 atom stereocenters. The summed E-state index contributed by atoms with van der Waals surface area (Å²) in [7, 11) is 0. The zero-order valence-corrected chi connectivity index (χ0v) is 23.1. The van der Waals surface area contributed by atoms with E-state index in [4.69, 9.17) is 6.42 Å². The highest BCUT2D eigenvalue weighted by Gasteiger charge is 2.11. The molecule has 0 fully saturated rings. The fourth-order valence-corrected chi connectivity index (χ4v) is 3.39. The van der Waals surface area contributed by atoms with Crippen molar-refractivity contribution in [2.45, 2.75) is 85.0 Å². The highest BCUT2D eigenvalue weighted by molar-refractivity contribution is 5.94. The lowest BCUT2D eigenvalue weighted by Crippen LogP contribution is -2.34. The molecule has 37 heavy (non-hydrogen) atoms. The molecule has 3 amide bonds. The third kappa shape index (κ3) is 20.8. The normalized spacial score (nSPS) is 11.6. The van der Waals surface area contributed by atoms with Gasteiger partial charge in [0.2, 0.25) is 17.7 Å². The smallest absolute Gasteiger partial charge is 0.245 e. The number of carbonyl (C=O) groups excluding carboxylic acids is 4. The Balaban J connectivity index is 4.59. The Bertz CT molecular complexity index is 839. The maximum absolute atomic E-state index is 12.4. The van der Waals surface area contributed by atoms with Crippen molar-refractivity contribution in [2.75, 3.05) is 32.7 Å². The van der Waals surface area contributed by atoms with E-state index in [0.717, 1.165) is 42.4 Å². The Morgan fingerprint density at radius 3 is 2.14 bits per heavy atom. The van der Waals surface area contributed by atoms with Crippen LogP contribution in [-0.4, -0.2) is 67.3 Å². The fourth-order valence-electron chi connectivity index (χ4n) is 3.39. The largest absolute Gasteiger partial charge is 0.356 e. The van der Waals surface area contributed by atoms with E-state index in [9.17, 15) is 19.2 Å². The zero-order chi connectivity index (χ0) is 27.9. The van der Waals surface area contributed by atoms with Crippen LogP contribution in [0.5, 0.6) is 0 Å². The van der Waals surface area contributed by atoms with Crippen LogP contribution in [0.25, 0.3) is 0 Å². The van der Waals surface area contributed by atoms with E-state index in [0.29, 0.717) is 64.8 Å². The minimum Gasteiger partial charge on any atom is -0.356 e. The average molecular weight is 515 g/mol.